The Morgan fingerprint density at radius 3 is 2.16 bits per heavy atom. The van der Waals surface area contributed by atoms with Crippen molar-refractivity contribution in [1.29, 1.82) is 0 Å². The number of benzene rings is 3. The Kier molecular flexibility index (Phi) is 5.75. The highest BCUT2D eigenvalue weighted by Gasteiger charge is 2.12. The van der Waals surface area contributed by atoms with Gasteiger partial charge in [0.05, 0.1) is 5.69 Å². The van der Waals surface area contributed by atoms with Gasteiger partial charge in [0.1, 0.15) is 11.6 Å². The van der Waals surface area contributed by atoms with E-state index in [1.165, 1.54) is 0 Å². The molecule has 3 aromatic carbocycles. The maximum Gasteiger partial charge on any atom is 0.417 e. The van der Waals surface area contributed by atoms with Crippen molar-refractivity contribution in [2.75, 3.05) is 10.6 Å². The molecule has 0 fully saturated rings. The Morgan fingerprint density at radius 1 is 0.839 bits per heavy atom. The number of hydrogen-bond acceptors (Lipinski definition) is 4. The number of rotatable bonds is 5. The summed E-state index contributed by atoms with van der Waals surface area (Å²) in [5.41, 5.74) is 2.71. The summed E-state index contributed by atoms with van der Waals surface area (Å²) in [7, 11) is 1.76. The van der Waals surface area contributed by atoms with Crippen LogP contribution in [0.4, 0.5) is 16.3 Å². The Balaban J connectivity index is 1.41. The van der Waals surface area contributed by atoms with Gasteiger partial charge in [0.15, 0.2) is 0 Å². The quantitative estimate of drug-likeness (QED) is 0.486. The molecule has 4 aromatic rings. The number of para-hydroxylation sites is 1. The summed E-state index contributed by atoms with van der Waals surface area (Å²) in [5, 5.41) is 10.0. The second-order valence-corrected chi connectivity index (χ2v) is 6.76. The first-order valence-corrected chi connectivity index (χ1v) is 9.63. The summed E-state index contributed by atoms with van der Waals surface area (Å²) in [5.74, 6) is 0.847. The number of ether oxygens (including phenoxy) is 1. The zero-order chi connectivity index (χ0) is 21.6. The number of nitrogens with one attached hydrogen (secondary N) is 2. The monoisotopic (exact) mass is 412 g/mol. The van der Waals surface area contributed by atoms with Gasteiger partial charge >= 0.3 is 6.09 Å². The number of anilines is 2. The van der Waals surface area contributed by atoms with E-state index in [2.05, 4.69) is 15.7 Å². The van der Waals surface area contributed by atoms with Gasteiger partial charge < -0.3 is 10.1 Å². The number of carbonyl (C=O) groups is 2. The molecule has 0 spiro atoms. The molecule has 1 aromatic heterocycles. The smallest absolute Gasteiger partial charge is 0.410 e. The van der Waals surface area contributed by atoms with Gasteiger partial charge in [-0.25, -0.2) is 4.79 Å². The van der Waals surface area contributed by atoms with Crippen LogP contribution in [0.5, 0.6) is 5.75 Å². The molecule has 7 heteroatoms. The molecule has 4 rings (SSSR count). The van der Waals surface area contributed by atoms with Crippen molar-refractivity contribution >= 4 is 23.5 Å². The zero-order valence-corrected chi connectivity index (χ0v) is 16.8. The summed E-state index contributed by atoms with van der Waals surface area (Å²) in [6.07, 6.45) is -0.567. The Hall–Kier alpha value is -4.39. The van der Waals surface area contributed by atoms with Crippen LogP contribution >= 0.6 is 0 Å². The second kappa shape index (κ2) is 8.96. The number of aryl methyl sites for hydroxylation is 1. The van der Waals surface area contributed by atoms with Gasteiger partial charge in [0.25, 0.3) is 5.91 Å². The molecule has 0 unspecified atom stereocenters. The molecule has 154 valence electrons. The number of aromatic nitrogens is 2. The SMILES string of the molecule is Cn1nc(-c2ccc(NC(=O)Oc3ccccc3)cc2)cc1NC(=O)c1ccccc1. The maximum absolute atomic E-state index is 12.4. The van der Waals surface area contributed by atoms with E-state index in [0.717, 1.165) is 5.56 Å². The molecule has 2 N–H and O–H groups in total. The van der Waals surface area contributed by atoms with Crippen LogP contribution in [-0.4, -0.2) is 21.8 Å². The normalized spacial score (nSPS) is 10.4. The third-order valence-corrected chi connectivity index (χ3v) is 4.54. The summed E-state index contributed by atoms with van der Waals surface area (Å²) in [4.78, 5) is 24.4. The lowest BCUT2D eigenvalue weighted by atomic mass is 10.1. The predicted octanol–water partition coefficient (Wildman–Crippen LogP) is 4.95. The highest BCUT2D eigenvalue weighted by Crippen LogP contribution is 2.23. The lowest BCUT2D eigenvalue weighted by Crippen LogP contribution is -2.16. The molecule has 7 nitrogen and oxygen atoms in total. The molecule has 2 amide bonds. The van der Waals surface area contributed by atoms with Gasteiger partial charge in [-0.2, -0.15) is 5.10 Å². The third kappa shape index (κ3) is 4.97. The Bertz CT molecular complexity index is 1190. The first-order valence-electron chi connectivity index (χ1n) is 9.63. The first kappa shape index (κ1) is 19.9. The topological polar surface area (TPSA) is 85.2 Å². The molecular formula is C24H20N4O3. The van der Waals surface area contributed by atoms with E-state index in [1.807, 2.05) is 36.4 Å². The molecule has 0 atom stereocenters. The van der Waals surface area contributed by atoms with Crippen molar-refractivity contribution in [3.05, 3.63) is 96.6 Å². The molecule has 31 heavy (non-hydrogen) atoms. The van der Waals surface area contributed by atoms with Crippen LogP contribution in [0.15, 0.2) is 91.0 Å². The van der Waals surface area contributed by atoms with Crippen molar-refractivity contribution in [2.24, 2.45) is 7.05 Å². The van der Waals surface area contributed by atoms with Crippen molar-refractivity contribution in [1.82, 2.24) is 9.78 Å². The van der Waals surface area contributed by atoms with E-state index in [0.29, 0.717) is 28.5 Å². The molecule has 0 saturated heterocycles. The fraction of sp³-hybridized carbons (Fsp3) is 0.0417. The lowest BCUT2D eigenvalue weighted by Gasteiger charge is -2.07. The third-order valence-electron chi connectivity index (χ3n) is 4.54. The number of nitrogens with zero attached hydrogens (tertiary/aromatic N) is 2. The van der Waals surface area contributed by atoms with Crippen molar-refractivity contribution in [3.63, 3.8) is 0 Å². The maximum atomic E-state index is 12.4. The summed E-state index contributed by atoms with van der Waals surface area (Å²) in [6, 6.07) is 26.8. The van der Waals surface area contributed by atoms with Crippen LogP contribution in [0.3, 0.4) is 0 Å². The van der Waals surface area contributed by atoms with Gasteiger partial charge in [0.2, 0.25) is 0 Å². The molecular weight excluding hydrogens is 392 g/mol. The Labute approximate surface area is 179 Å². The number of amides is 2. The molecule has 0 saturated carbocycles. The van der Waals surface area contributed by atoms with Gasteiger partial charge in [-0.1, -0.05) is 48.5 Å². The van der Waals surface area contributed by atoms with Crippen LogP contribution in [0, 0.1) is 0 Å². The van der Waals surface area contributed by atoms with Gasteiger partial charge in [-0.3, -0.25) is 14.8 Å². The molecule has 0 aliphatic rings. The van der Waals surface area contributed by atoms with Crippen LogP contribution in [0.25, 0.3) is 11.3 Å². The average molecular weight is 412 g/mol. The standard InChI is InChI=1S/C24H20N4O3/c1-28-22(26-23(29)18-8-4-2-5-9-18)16-21(27-28)17-12-14-19(15-13-17)25-24(30)31-20-10-6-3-7-11-20/h2-16H,1H3,(H,25,30)(H,26,29). The van der Waals surface area contributed by atoms with E-state index in [4.69, 9.17) is 4.74 Å². The minimum Gasteiger partial charge on any atom is -0.410 e. The van der Waals surface area contributed by atoms with E-state index < -0.39 is 6.09 Å². The van der Waals surface area contributed by atoms with E-state index in [9.17, 15) is 9.59 Å². The molecule has 1 heterocycles. The largest absolute Gasteiger partial charge is 0.417 e. The molecule has 0 aliphatic carbocycles. The van der Waals surface area contributed by atoms with Crippen LogP contribution < -0.4 is 15.4 Å². The van der Waals surface area contributed by atoms with Crippen LogP contribution in [0.2, 0.25) is 0 Å². The van der Waals surface area contributed by atoms with Crippen molar-refractivity contribution in [3.8, 4) is 17.0 Å². The summed E-state index contributed by atoms with van der Waals surface area (Å²) < 4.78 is 6.83. The zero-order valence-electron chi connectivity index (χ0n) is 16.8. The van der Waals surface area contributed by atoms with Gasteiger partial charge in [-0.05, 0) is 36.4 Å². The molecule has 0 radical (unpaired) electrons. The lowest BCUT2D eigenvalue weighted by molar-refractivity contribution is 0.102. The van der Waals surface area contributed by atoms with E-state index in [-0.39, 0.29) is 5.91 Å². The highest BCUT2D eigenvalue weighted by atomic mass is 16.6. The minimum atomic E-state index is -0.567. The van der Waals surface area contributed by atoms with Crippen molar-refractivity contribution in [2.45, 2.75) is 0 Å². The van der Waals surface area contributed by atoms with Crippen LogP contribution in [0.1, 0.15) is 10.4 Å². The second-order valence-electron chi connectivity index (χ2n) is 6.76. The number of carbonyl (C=O) groups excluding carboxylic acids is 2. The Morgan fingerprint density at radius 2 is 1.48 bits per heavy atom. The van der Waals surface area contributed by atoms with E-state index in [1.54, 1.807) is 66.3 Å². The molecule has 0 bridgehead atoms. The fourth-order valence-corrected chi connectivity index (χ4v) is 2.97. The average Bonchev–Trinajstić information content (AvgIpc) is 3.15. The first-order chi connectivity index (χ1) is 15.1. The fourth-order valence-electron chi connectivity index (χ4n) is 2.97. The summed E-state index contributed by atoms with van der Waals surface area (Å²) in [6.45, 7) is 0. The predicted molar refractivity (Wildman–Crippen MR) is 119 cm³/mol. The highest BCUT2D eigenvalue weighted by molar-refractivity contribution is 6.04. The van der Waals surface area contributed by atoms with Gasteiger partial charge in [0, 0.05) is 29.9 Å². The van der Waals surface area contributed by atoms with Crippen LogP contribution in [-0.2, 0) is 7.05 Å². The van der Waals surface area contributed by atoms with Crippen molar-refractivity contribution < 1.29 is 14.3 Å². The number of hydrogen-bond donors (Lipinski definition) is 2. The molecule has 0 aliphatic heterocycles. The summed E-state index contributed by atoms with van der Waals surface area (Å²) >= 11 is 0. The van der Waals surface area contributed by atoms with Gasteiger partial charge in [-0.15, -0.1) is 0 Å². The van der Waals surface area contributed by atoms with E-state index >= 15 is 0 Å². The minimum absolute atomic E-state index is 0.202.